The van der Waals surface area contributed by atoms with Crippen LogP contribution in [0, 0.1) is 17.6 Å². The molecule has 2 N–H and O–H groups in total. The van der Waals surface area contributed by atoms with Crippen molar-refractivity contribution in [2.45, 2.75) is 19.8 Å². The van der Waals surface area contributed by atoms with Crippen LogP contribution in [0.3, 0.4) is 0 Å². The van der Waals surface area contributed by atoms with Crippen molar-refractivity contribution in [2.75, 3.05) is 6.54 Å². The predicted molar refractivity (Wildman–Crippen MR) is 64.7 cm³/mol. The van der Waals surface area contributed by atoms with Crippen molar-refractivity contribution in [1.82, 2.24) is 5.32 Å². The molecule has 0 aliphatic heterocycles. The van der Waals surface area contributed by atoms with E-state index in [1.807, 2.05) is 6.92 Å². The number of carboxylic acids is 1. The molecule has 1 unspecified atom stereocenters. The summed E-state index contributed by atoms with van der Waals surface area (Å²) in [6.07, 6.45) is 0.554. The Kier molecular flexibility index (Phi) is 5.41. The Morgan fingerprint density at radius 3 is 2.53 bits per heavy atom. The molecular formula is C13H15F2NO3. The minimum absolute atomic E-state index is 0.00378. The van der Waals surface area contributed by atoms with Crippen LogP contribution in [-0.2, 0) is 4.79 Å². The van der Waals surface area contributed by atoms with Gasteiger partial charge < -0.3 is 10.4 Å². The Bertz CT molecular complexity index is 477. The van der Waals surface area contributed by atoms with Gasteiger partial charge in [-0.1, -0.05) is 13.3 Å². The number of hydrogen-bond donors (Lipinski definition) is 2. The SMILES string of the molecule is CCC(CNC(=O)c1ccc(F)c(F)c1)CC(=O)O. The Morgan fingerprint density at radius 2 is 2.00 bits per heavy atom. The van der Waals surface area contributed by atoms with E-state index in [-0.39, 0.29) is 24.4 Å². The molecule has 6 heteroatoms. The van der Waals surface area contributed by atoms with E-state index in [0.29, 0.717) is 6.42 Å². The highest BCUT2D eigenvalue weighted by molar-refractivity contribution is 5.94. The second-order valence-electron chi connectivity index (χ2n) is 4.21. The summed E-state index contributed by atoms with van der Waals surface area (Å²) < 4.78 is 25.6. The summed E-state index contributed by atoms with van der Waals surface area (Å²) >= 11 is 0. The van der Waals surface area contributed by atoms with Crippen LogP contribution in [0.25, 0.3) is 0 Å². The normalized spacial score (nSPS) is 11.9. The van der Waals surface area contributed by atoms with Gasteiger partial charge in [0.05, 0.1) is 0 Å². The molecule has 0 saturated carbocycles. The fourth-order valence-corrected chi connectivity index (χ4v) is 1.58. The van der Waals surface area contributed by atoms with Crippen LogP contribution >= 0.6 is 0 Å². The van der Waals surface area contributed by atoms with Crippen molar-refractivity contribution in [3.8, 4) is 0 Å². The molecule has 0 fully saturated rings. The predicted octanol–water partition coefficient (Wildman–Crippen LogP) is 2.20. The van der Waals surface area contributed by atoms with Gasteiger partial charge in [-0.3, -0.25) is 9.59 Å². The largest absolute Gasteiger partial charge is 0.481 e. The van der Waals surface area contributed by atoms with E-state index < -0.39 is 23.5 Å². The van der Waals surface area contributed by atoms with Crippen molar-refractivity contribution >= 4 is 11.9 Å². The Morgan fingerprint density at radius 1 is 1.32 bits per heavy atom. The molecule has 19 heavy (non-hydrogen) atoms. The van der Waals surface area contributed by atoms with E-state index in [1.165, 1.54) is 6.07 Å². The van der Waals surface area contributed by atoms with Crippen LogP contribution in [0.15, 0.2) is 18.2 Å². The van der Waals surface area contributed by atoms with E-state index in [4.69, 9.17) is 5.11 Å². The first-order valence-corrected chi connectivity index (χ1v) is 5.89. The van der Waals surface area contributed by atoms with Crippen LogP contribution in [0.5, 0.6) is 0 Å². The number of rotatable bonds is 6. The number of halogens is 2. The van der Waals surface area contributed by atoms with Crippen molar-refractivity contribution < 1.29 is 23.5 Å². The van der Waals surface area contributed by atoms with E-state index in [1.54, 1.807) is 0 Å². The van der Waals surface area contributed by atoms with Crippen molar-refractivity contribution in [3.63, 3.8) is 0 Å². The van der Waals surface area contributed by atoms with Crippen LogP contribution in [0.4, 0.5) is 8.78 Å². The van der Waals surface area contributed by atoms with Gasteiger partial charge in [0, 0.05) is 18.5 Å². The first-order valence-electron chi connectivity index (χ1n) is 5.89. The topological polar surface area (TPSA) is 66.4 Å². The summed E-state index contributed by atoms with van der Waals surface area (Å²) in [6, 6.07) is 2.85. The fraction of sp³-hybridized carbons (Fsp3) is 0.385. The summed E-state index contributed by atoms with van der Waals surface area (Å²) in [7, 11) is 0. The van der Waals surface area contributed by atoms with Gasteiger partial charge >= 0.3 is 5.97 Å². The molecule has 1 atom stereocenters. The van der Waals surface area contributed by atoms with Gasteiger partial charge in [-0.05, 0) is 24.1 Å². The monoisotopic (exact) mass is 271 g/mol. The molecule has 0 spiro atoms. The maximum atomic E-state index is 12.9. The molecule has 0 aliphatic rings. The first kappa shape index (κ1) is 15.1. The quantitative estimate of drug-likeness (QED) is 0.833. The van der Waals surface area contributed by atoms with Crippen molar-refractivity contribution in [1.29, 1.82) is 0 Å². The Labute approximate surface area is 109 Å². The fourth-order valence-electron chi connectivity index (χ4n) is 1.58. The van der Waals surface area contributed by atoms with E-state index in [2.05, 4.69) is 5.32 Å². The molecule has 0 bridgehead atoms. The van der Waals surface area contributed by atoms with E-state index in [9.17, 15) is 18.4 Å². The minimum atomic E-state index is -1.09. The first-order chi connectivity index (χ1) is 8.93. The number of aliphatic carboxylic acids is 1. The highest BCUT2D eigenvalue weighted by Gasteiger charge is 2.14. The van der Waals surface area contributed by atoms with Crippen LogP contribution in [0.1, 0.15) is 30.1 Å². The molecule has 4 nitrogen and oxygen atoms in total. The lowest BCUT2D eigenvalue weighted by molar-refractivity contribution is -0.138. The zero-order valence-corrected chi connectivity index (χ0v) is 10.5. The highest BCUT2D eigenvalue weighted by Crippen LogP contribution is 2.10. The van der Waals surface area contributed by atoms with Gasteiger partial charge in [0.15, 0.2) is 11.6 Å². The number of carbonyl (C=O) groups excluding carboxylic acids is 1. The maximum absolute atomic E-state index is 12.9. The van der Waals surface area contributed by atoms with E-state index in [0.717, 1.165) is 12.1 Å². The second kappa shape index (κ2) is 6.82. The minimum Gasteiger partial charge on any atom is -0.481 e. The van der Waals surface area contributed by atoms with Crippen LogP contribution in [-0.4, -0.2) is 23.5 Å². The van der Waals surface area contributed by atoms with Gasteiger partial charge in [0.1, 0.15) is 0 Å². The molecule has 1 aromatic rings. The molecular weight excluding hydrogens is 256 g/mol. The number of carboxylic acid groups (broad SMARTS) is 1. The highest BCUT2D eigenvalue weighted by atomic mass is 19.2. The summed E-state index contributed by atoms with van der Waals surface area (Å²) in [6.45, 7) is 2.00. The summed E-state index contributed by atoms with van der Waals surface area (Å²) in [5.74, 6) is -3.79. The van der Waals surface area contributed by atoms with Crippen molar-refractivity contribution in [2.24, 2.45) is 5.92 Å². The summed E-state index contributed by atoms with van der Waals surface area (Å²) in [5, 5.41) is 11.2. The van der Waals surface area contributed by atoms with Gasteiger partial charge in [-0.15, -0.1) is 0 Å². The van der Waals surface area contributed by atoms with Crippen LogP contribution in [0.2, 0.25) is 0 Å². The zero-order valence-electron chi connectivity index (χ0n) is 10.5. The third kappa shape index (κ3) is 4.65. The molecule has 1 aromatic carbocycles. The standard InChI is InChI=1S/C13H15F2NO3/c1-2-8(5-12(17)18)7-16-13(19)9-3-4-10(14)11(15)6-9/h3-4,6,8H,2,5,7H2,1H3,(H,16,19)(H,17,18). The van der Waals surface area contributed by atoms with E-state index >= 15 is 0 Å². The summed E-state index contributed by atoms with van der Waals surface area (Å²) in [4.78, 5) is 22.2. The molecule has 0 aliphatic carbocycles. The van der Waals surface area contributed by atoms with Gasteiger partial charge in [0.2, 0.25) is 0 Å². The lowest BCUT2D eigenvalue weighted by Crippen LogP contribution is -2.30. The number of carbonyl (C=O) groups is 2. The smallest absolute Gasteiger partial charge is 0.303 e. The molecule has 0 saturated heterocycles. The molecule has 0 radical (unpaired) electrons. The van der Waals surface area contributed by atoms with Crippen molar-refractivity contribution in [3.05, 3.63) is 35.4 Å². The summed E-state index contributed by atoms with van der Waals surface area (Å²) in [5.41, 5.74) is 0.00378. The molecule has 1 amide bonds. The Hall–Kier alpha value is -1.98. The number of hydrogen-bond acceptors (Lipinski definition) is 2. The third-order valence-corrected chi connectivity index (χ3v) is 2.77. The third-order valence-electron chi connectivity index (χ3n) is 2.77. The average molecular weight is 271 g/mol. The lowest BCUT2D eigenvalue weighted by Gasteiger charge is -2.13. The maximum Gasteiger partial charge on any atom is 0.303 e. The molecule has 104 valence electrons. The number of nitrogens with one attached hydrogen (secondary N) is 1. The molecule has 1 rings (SSSR count). The van der Waals surface area contributed by atoms with Gasteiger partial charge in [-0.25, -0.2) is 8.78 Å². The second-order valence-corrected chi connectivity index (χ2v) is 4.21. The lowest BCUT2D eigenvalue weighted by atomic mass is 10.0. The number of amides is 1. The molecule has 0 heterocycles. The Balaban J connectivity index is 2.59. The van der Waals surface area contributed by atoms with Gasteiger partial charge in [-0.2, -0.15) is 0 Å². The zero-order chi connectivity index (χ0) is 14.4. The molecule has 0 aromatic heterocycles. The average Bonchev–Trinajstić information content (AvgIpc) is 2.36. The number of benzene rings is 1. The van der Waals surface area contributed by atoms with Gasteiger partial charge in [0.25, 0.3) is 5.91 Å². The van der Waals surface area contributed by atoms with Crippen LogP contribution < -0.4 is 5.32 Å².